The van der Waals surface area contributed by atoms with E-state index in [1.54, 1.807) is 6.07 Å². The molecule has 0 atom stereocenters. The molecule has 0 heterocycles. The molecule has 1 aromatic carbocycles. The van der Waals surface area contributed by atoms with Crippen LogP contribution in [-0.2, 0) is 11.3 Å². The van der Waals surface area contributed by atoms with E-state index >= 15 is 0 Å². The molecule has 0 aromatic heterocycles. The van der Waals surface area contributed by atoms with Gasteiger partial charge in [-0.1, -0.05) is 15.9 Å². The molecule has 0 amide bonds. The number of nitrogens with one attached hydrogen (secondary N) is 1. The Morgan fingerprint density at radius 1 is 1.47 bits per heavy atom. The van der Waals surface area contributed by atoms with Gasteiger partial charge in [0.2, 0.25) is 0 Å². The molecule has 1 aliphatic rings. The molecule has 0 unspecified atom stereocenters. The van der Waals surface area contributed by atoms with Crippen molar-refractivity contribution in [1.82, 2.24) is 5.32 Å². The third-order valence-electron chi connectivity index (χ3n) is 3.25. The van der Waals surface area contributed by atoms with Gasteiger partial charge in [-0.2, -0.15) is 0 Å². The monoisotopic (exact) mass is 328 g/mol. The van der Waals surface area contributed by atoms with Gasteiger partial charge in [0.25, 0.3) is 5.69 Å². The minimum absolute atomic E-state index is 0.118. The van der Waals surface area contributed by atoms with E-state index in [0.29, 0.717) is 18.7 Å². The maximum Gasteiger partial charge on any atom is 0.270 e. The van der Waals surface area contributed by atoms with E-state index in [2.05, 4.69) is 21.2 Å². The molecule has 0 bridgehead atoms. The molecule has 0 spiro atoms. The number of ether oxygens (including phenoxy) is 1. The molecule has 0 aliphatic heterocycles. The van der Waals surface area contributed by atoms with Crippen LogP contribution in [0.1, 0.15) is 25.3 Å². The van der Waals surface area contributed by atoms with Crippen molar-refractivity contribution < 1.29 is 9.66 Å². The summed E-state index contributed by atoms with van der Waals surface area (Å²) in [7, 11) is 0. The molecule has 0 saturated heterocycles. The molecule has 19 heavy (non-hydrogen) atoms. The zero-order chi connectivity index (χ0) is 13.8. The second kappa shape index (κ2) is 6.45. The van der Waals surface area contributed by atoms with Gasteiger partial charge in [0.15, 0.2) is 0 Å². The van der Waals surface area contributed by atoms with Crippen LogP contribution in [0.25, 0.3) is 0 Å². The second-order valence-corrected chi connectivity index (χ2v) is 5.62. The van der Waals surface area contributed by atoms with Crippen molar-refractivity contribution in [3.8, 4) is 0 Å². The van der Waals surface area contributed by atoms with Crippen LogP contribution in [0.2, 0.25) is 0 Å². The van der Waals surface area contributed by atoms with Gasteiger partial charge in [0.05, 0.1) is 11.0 Å². The van der Waals surface area contributed by atoms with Crippen molar-refractivity contribution in [3.05, 3.63) is 38.3 Å². The van der Waals surface area contributed by atoms with Crippen LogP contribution < -0.4 is 5.32 Å². The van der Waals surface area contributed by atoms with E-state index in [-0.39, 0.29) is 10.6 Å². The highest BCUT2D eigenvalue weighted by Crippen LogP contribution is 2.25. The summed E-state index contributed by atoms with van der Waals surface area (Å²) in [5.41, 5.74) is 1.04. The highest BCUT2D eigenvalue weighted by Gasteiger charge is 2.28. The Balaban J connectivity index is 1.85. The SMILES string of the molecule is CCOC1CC(NCc2cc(Br)cc([N+](=O)[O-])c2)C1. The lowest BCUT2D eigenvalue weighted by Crippen LogP contribution is -2.45. The van der Waals surface area contributed by atoms with Crippen molar-refractivity contribution in [2.24, 2.45) is 0 Å². The standard InChI is InChI=1S/C13H17BrN2O3/c1-2-19-13-6-11(7-13)15-8-9-3-10(14)5-12(4-9)16(17)18/h3-5,11,13,15H,2,6-8H2,1H3. The minimum Gasteiger partial charge on any atom is -0.378 e. The maximum atomic E-state index is 10.8. The Morgan fingerprint density at radius 3 is 2.84 bits per heavy atom. The maximum absolute atomic E-state index is 10.8. The van der Waals surface area contributed by atoms with Crippen molar-refractivity contribution in [2.75, 3.05) is 6.61 Å². The normalized spacial score (nSPS) is 22.0. The van der Waals surface area contributed by atoms with Gasteiger partial charge in [-0.25, -0.2) is 0 Å². The van der Waals surface area contributed by atoms with Crippen LogP contribution >= 0.6 is 15.9 Å². The van der Waals surface area contributed by atoms with Crippen LogP contribution in [0.4, 0.5) is 5.69 Å². The number of rotatable bonds is 6. The number of hydrogen-bond acceptors (Lipinski definition) is 4. The van der Waals surface area contributed by atoms with Crippen molar-refractivity contribution in [2.45, 2.75) is 38.5 Å². The zero-order valence-corrected chi connectivity index (χ0v) is 12.4. The fraction of sp³-hybridized carbons (Fsp3) is 0.538. The lowest BCUT2D eigenvalue weighted by atomic mass is 9.89. The van der Waals surface area contributed by atoms with Gasteiger partial charge in [-0.15, -0.1) is 0 Å². The Bertz CT molecular complexity index is 461. The van der Waals surface area contributed by atoms with Gasteiger partial charge in [0, 0.05) is 35.8 Å². The van der Waals surface area contributed by atoms with Gasteiger partial charge >= 0.3 is 0 Å². The predicted molar refractivity (Wildman–Crippen MR) is 76.1 cm³/mol. The topological polar surface area (TPSA) is 64.4 Å². The quantitative estimate of drug-likeness (QED) is 0.644. The van der Waals surface area contributed by atoms with Crippen LogP contribution in [0.15, 0.2) is 22.7 Å². The summed E-state index contributed by atoms with van der Waals surface area (Å²) in [5, 5.41) is 14.2. The molecule has 2 rings (SSSR count). The molecule has 1 aliphatic carbocycles. The van der Waals surface area contributed by atoms with Crippen LogP contribution in [0, 0.1) is 10.1 Å². The molecule has 0 radical (unpaired) electrons. The summed E-state index contributed by atoms with van der Waals surface area (Å²) in [4.78, 5) is 10.4. The van der Waals surface area contributed by atoms with E-state index in [9.17, 15) is 10.1 Å². The Hall–Kier alpha value is -0.980. The minimum atomic E-state index is -0.372. The highest BCUT2D eigenvalue weighted by molar-refractivity contribution is 9.10. The Kier molecular flexibility index (Phi) is 4.90. The van der Waals surface area contributed by atoms with E-state index in [4.69, 9.17) is 4.74 Å². The van der Waals surface area contributed by atoms with E-state index in [1.165, 1.54) is 6.07 Å². The largest absolute Gasteiger partial charge is 0.378 e. The van der Waals surface area contributed by atoms with E-state index < -0.39 is 0 Å². The first-order valence-corrected chi connectivity index (χ1v) is 7.16. The fourth-order valence-electron chi connectivity index (χ4n) is 2.21. The van der Waals surface area contributed by atoms with Crippen LogP contribution in [0.3, 0.4) is 0 Å². The highest BCUT2D eigenvalue weighted by atomic mass is 79.9. The van der Waals surface area contributed by atoms with E-state index in [1.807, 2.05) is 13.0 Å². The fourth-order valence-corrected chi connectivity index (χ4v) is 2.74. The number of hydrogen-bond donors (Lipinski definition) is 1. The summed E-state index contributed by atoms with van der Waals surface area (Å²) >= 11 is 3.30. The lowest BCUT2D eigenvalue weighted by molar-refractivity contribution is -0.385. The van der Waals surface area contributed by atoms with Crippen molar-refractivity contribution in [3.63, 3.8) is 0 Å². The summed E-state index contributed by atoms with van der Waals surface area (Å²) in [6, 6.07) is 5.47. The molecule has 104 valence electrons. The van der Waals surface area contributed by atoms with Crippen molar-refractivity contribution >= 4 is 21.6 Å². The second-order valence-electron chi connectivity index (χ2n) is 4.70. The number of non-ortho nitro benzene ring substituents is 1. The van der Waals surface area contributed by atoms with E-state index in [0.717, 1.165) is 29.5 Å². The first-order valence-electron chi connectivity index (χ1n) is 6.37. The third-order valence-corrected chi connectivity index (χ3v) is 3.70. The number of nitro benzene ring substituents is 1. The molecule has 1 fully saturated rings. The molecule has 6 heteroatoms. The number of nitro groups is 1. The molecule has 5 nitrogen and oxygen atoms in total. The lowest BCUT2D eigenvalue weighted by Gasteiger charge is -2.35. The van der Waals surface area contributed by atoms with Gasteiger partial charge in [0.1, 0.15) is 0 Å². The summed E-state index contributed by atoms with van der Waals surface area (Å²) in [6.07, 6.45) is 2.41. The van der Waals surface area contributed by atoms with Crippen LogP contribution in [-0.4, -0.2) is 23.7 Å². The number of nitrogens with zero attached hydrogens (tertiary/aromatic N) is 1. The first-order chi connectivity index (χ1) is 9.08. The summed E-state index contributed by atoms with van der Waals surface area (Å²) in [5.74, 6) is 0. The summed E-state index contributed by atoms with van der Waals surface area (Å²) < 4.78 is 6.23. The third kappa shape index (κ3) is 3.99. The average Bonchev–Trinajstić information content (AvgIpc) is 2.31. The van der Waals surface area contributed by atoms with Gasteiger partial charge in [-0.05, 0) is 31.4 Å². The Labute approximate surface area is 120 Å². The average molecular weight is 329 g/mol. The number of benzene rings is 1. The van der Waals surface area contributed by atoms with Crippen molar-refractivity contribution in [1.29, 1.82) is 0 Å². The summed E-state index contributed by atoms with van der Waals surface area (Å²) in [6.45, 7) is 3.40. The predicted octanol–water partition coefficient (Wildman–Crippen LogP) is 3.01. The van der Waals surface area contributed by atoms with Gasteiger partial charge < -0.3 is 10.1 Å². The molecular formula is C13H17BrN2O3. The molecule has 1 saturated carbocycles. The smallest absolute Gasteiger partial charge is 0.270 e. The zero-order valence-electron chi connectivity index (χ0n) is 10.8. The molecular weight excluding hydrogens is 312 g/mol. The van der Waals surface area contributed by atoms with Crippen LogP contribution in [0.5, 0.6) is 0 Å². The molecule has 1 N–H and O–H groups in total. The number of halogens is 1. The first kappa shape index (κ1) is 14.4. The van der Waals surface area contributed by atoms with Gasteiger partial charge in [-0.3, -0.25) is 10.1 Å². The Morgan fingerprint density at radius 2 is 2.21 bits per heavy atom. The molecule has 1 aromatic rings.